The molecule has 0 aliphatic rings. The summed E-state index contributed by atoms with van der Waals surface area (Å²) >= 11 is 3.10. The highest BCUT2D eigenvalue weighted by Crippen LogP contribution is 2.26. The predicted molar refractivity (Wildman–Crippen MR) is 63.5 cm³/mol. The van der Waals surface area contributed by atoms with E-state index in [0.29, 0.717) is 22.4 Å². The first-order chi connectivity index (χ1) is 7.04. The van der Waals surface area contributed by atoms with E-state index in [9.17, 15) is 4.39 Å². The number of anilines is 2. The van der Waals surface area contributed by atoms with Crippen molar-refractivity contribution in [2.45, 2.75) is 13.0 Å². The van der Waals surface area contributed by atoms with Gasteiger partial charge in [-0.2, -0.15) is 0 Å². The number of methoxy groups -OCH3 is 1. The molecule has 0 aromatic heterocycles. The molecule has 0 heterocycles. The van der Waals surface area contributed by atoms with E-state index in [1.54, 1.807) is 13.2 Å². The van der Waals surface area contributed by atoms with Crippen LogP contribution in [0.4, 0.5) is 15.8 Å². The third kappa shape index (κ3) is 3.35. The first kappa shape index (κ1) is 12.3. The Bertz CT molecular complexity index is 346. The van der Waals surface area contributed by atoms with Gasteiger partial charge in [0.2, 0.25) is 0 Å². The Kier molecular flexibility index (Phi) is 4.35. The molecule has 0 radical (unpaired) electrons. The van der Waals surface area contributed by atoms with Crippen LogP contribution in [-0.2, 0) is 4.74 Å². The lowest BCUT2D eigenvalue weighted by Gasteiger charge is -2.14. The van der Waals surface area contributed by atoms with Crippen LogP contribution in [0.2, 0.25) is 0 Å². The number of nitrogen functional groups attached to an aromatic ring is 1. The van der Waals surface area contributed by atoms with E-state index in [1.807, 2.05) is 6.92 Å². The molecule has 1 aromatic carbocycles. The Morgan fingerprint density at radius 1 is 1.60 bits per heavy atom. The summed E-state index contributed by atoms with van der Waals surface area (Å²) in [5, 5.41) is 3.08. The van der Waals surface area contributed by atoms with Crippen LogP contribution in [0.5, 0.6) is 0 Å². The van der Waals surface area contributed by atoms with Crippen LogP contribution < -0.4 is 11.1 Å². The van der Waals surface area contributed by atoms with Crippen molar-refractivity contribution >= 4 is 27.3 Å². The molecule has 1 atom stereocenters. The fraction of sp³-hybridized carbons (Fsp3) is 0.400. The molecule has 5 heteroatoms. The summed E-state index contributed by atoms with van der Waals surface area (Å²) in [5.74, 6) is -0.363. The molecule has 1 unspecified atom stereocenters. The average molecular weight is 277 g/mol. The number of benzene rings is 1. The Morgan fingerprint density at radius 3 is 2.87 bits per heavy atom. The van der Waals surface area contributed by atoms with Crippen LogP contribution in [0.1, 0.15) is 6.92 Å². The standard InChI is InChI=1S/C10H14BrFN2O/c1-6(15-2)5-14-10-3-7(11)8(12)4-9(10)13/h3-4,6,14H,5,13H2,1-2H3. The second-order valence-electron chi connectivity index (χ2n) is 3.28. The van der Waals surface area contributed by atoms with Gasteiger partial charge in [-0.15, -0.1) is 0 Å². The maximum Gasteiger partial charge on any atom is 0.139 e. The zero-order valence-electron chi connectivity index (χ0n) is 8.68. The van der Waals surface area contributed by atoms with Crippen molar-refractivity contribution < 1.29 is 9.13 Å². The number of hydrogen-bond donors (Lipinski definition) is 2. The van der Waals surface area contributed by atoms with Crippen molar-refractivity contribution in [2.75, 3.05) is 24.7 Å². The Morgan fingerprint density at radius 2 is 2.27 bits per heavy atom. The smallest absolute Gasteiger partial charge is 0.139 e. The van der Waals surface area contributed by atoms with Crippen LogP contribution in [0.3, 0.4) is 0 Å². The number of nitrogens with two attached hydrogens (primary N) is 1. The van der Waals surface area contributed by atoms with Gasteiger partial charge in [-0.1, -0.05) is 0 Å². The fourth-order valence-electron chi connectivity index (χ4n) is 1.05. The van der Waals surface area contributed by atoms with E-state index >= 15 is 0 Å². The highest BCUT2D eigenvalue weighted by atomic mass is 79.9. The lowest BCUT2D eigenvalue weighted by atomic mass is 10.2. The minimum Gasteiger partial charge on any atom is -0.397 e. The zero-order valence-corrected chi connectivity index (χ0v) is 10.3. The number of ether oxygens (including phenoxy) is 1. The molecule has 0 aliphatic heterocycles. The number of halogens is 2. The average Bonchev–Trinajstić information content (AvgIpc) is 2.21. The van der Waals surface area contributed by atoms with Crippen molar-refractivity contribution in [3.8, 4) is 0 Å². The Labute approximate surface area is 96.9 Å². The van der Waals surface area contributed by atoms with Gasteiger partial charge < -0.3 is 15.8 Å². The van der Waals surface area contributed by atoms with Gasteiger partial charge in [0.15, 0.2) is 0 Å². The van der Waals surface area contributed by atoms with E-state index < -0.39 is 0 Å². The van der Waals surface area contributed by atoms with Gasteiger partial charge >= 0.3 is 0 Å². The van der Waals surface area contributed by atoms with E-state index in [-0.39, 0.29) is 11.9 Å². The Balaban J connectivity index is 2.73. The number of nitrogens with one attached hydrogen (secondary N) is 1. The van der Waals surface area contributed by atoms with Gasteiger partial charge in [-0.3, -0.25) is 0 Å². The molecule has 1 rings (SSSR count). The third-order valence-electron chi connectivity index (χ3n) is 2.07. The second-order valence-corrected chi connectivity index (χ2v) is 4.14. The molecule has 3 nitrogen and oxygen atoms in total. The largest absolute Gasteiger partial charge is 0.397 e. The van der Waals surface area contributed by atoms with Crippen LogP contribution >= 0.6 is 15.9 Å². The summed E-state index contributed by atoms with van der Waals surface area (Å²) in [4.78, 5) is 0. The van der Waals surface area contributed by atoms with Crippen LogP contribution in [0, 0.1) is 5.82 Å². The maximum atomic E-state index is 13.0. The summed E-state index contributed by atoms with van der Waals surface area (Å²) in [7, 11) is 1.64. The second kappa shape index (κ2) is 5.32. The Hall–Kier alpha value is -0.810. The lowest BCUT2D eigenvalue weighted by molar-refractivity contribution is 0.129. The first-order valence-corrected chi connectivity index (χ1v) is 5.35. The number of hydrogen-bond acceptors (Lipinski definition) is 3. The molecule has 0 bridgehead atoms. The van der Waals surface area contributed by atoms with Gasteiger partial charge in [0.05, 0.1) is 22.0 Å². The quantitative estimate of drug-likeness (QED) is 0.832. The predicted octanol–water partition coefficient (Wildman–Crippen LogP) is 2.62. The molecule has 1 aromatic rings. The van der Waals surface area contributed by atoms with Crippen molar-refractivity contribution in [1.29, 1.82) is 0 Å². The van der Waals surface area contributed by atoms with Crippen molar-refractivity contribution in [3.63, 3.8) is 0 Å². The molecule has 3 N–H and O–H groups in total. The molecule has 0 saturated carbocycles. The van der Waals surface area contributed by atoms with E-state index in [4.69, 9.17) is 10.5 Å². The highest BCUT2D eigenvalue weighted by molar-refractivity contribution is 9.10. The van der Waals surface area contributed by atoms with Gasteiger partial charge in [-0.05, 0) is 28.9 Å². The summed E-state index contributed by atoms with van der Waals surface area (Å²) in [6, 6.07) is 2.90. The third-order valence-corrected chi connectivity index (χ3v) is 2.68. The topological polar surface area (TPSA) is 47.3 Å². The lowest BCUT2D eigenvalue weighted by Crippen LogP contribution is -2.18. The molecule has 0 aliphatic carbocycles. The normalized spacial score (nSPS) is 12.5. The molecular formula is C10H14BrFN2O. The minimum atomic E-state index is -0.363. The van der Waals surface area contributed by atoms with Crippen LogP contribution in [0.25, 0.3) is 0 Å². The summed E-state index contributed by atoms with van der Waals surface area (Å²) in [5.41, 5.74) is 6.74. The molecule has 0 spiro atoms. The molecule has 0 saturated heterocycles. The van der Waals surface area contributed by atoms with Gasteiger partial charge in [0.1, 0.15) is 5.82 Å². The van der Waals surface area contributed by atoms with Crippen LogP contribution in [0.15, 0.2) is 16.6 Å². The molecule has 84 valence electrons. The minimum absolute atomic E-state index is 0.0771. The van der Waals surface area contributed by atoms with E-state index in [0.717, 1.165) is 0 Å². The van der Waals surface area contributed by atoms with Gasteiger partial charge in [-0.25, -0.2) is 4.39 Å². The SMILES string of the molecule is COC(C)CNc1cc(Br)c(F)cc1N. The first-order valence-electron chi connectivity index (χ1n) is 4.55. The zero-order chi connectivity index (χ0) is 11.4. The highest BCUT2D eigenvalue weighted by Gasteiger charge is 2.06. The summed E-state index contributed by atoms with van der Waals surface area (Å²) < 4.78 is 18.5. The van der Waals surface area contributed by atoms with Gasteiger partial charge in [0, 0.05) is 19.7 Å². The maximum absolute atomic E-state index is 13.0. The summed E-state index contributed by atoms with van der Waals surface area (Å²) in [6.07, 6.45) is 0.0771. The van der Waals surface area contributed by atoms with Crippen molar-refractivity contribution in [2.24, 2.45) is 0 Å². The summed E-state index contributed by atoms with van der Waals surface area (Å²) in [6.45, 7) is 2.56. The van der Waals surface area contributed by atoms with Gasteiger partial charge in [0.25, 0.3) is 0 Å². The fourth-order valence-corrected chi connectivity index (χ4v) is 1.40. The van der Waals surface area contributed by atoms with E-state index in [1.165, 1.54) is 6.07 Å². The molecular weight excluding hydrogens is 263 g/mol. The van der Waals surface area contributed by atoms with Crippen molar-refractivity contribution in [3.05, 3.63) is 22.4 Å². The molecule has 15 heavy (non-hydrogen) atoms. The monoisotopic (exact) mass is 276 g/mol. The van der Waals surface area contributed by atoms with Crippen molar-refractivity contribution in [1.82, 2.24) is 0 Å². The van der Waals surface area contributed by atoms with Crippen LogP contribution in [-0.4, -0.2) is 19.8 Å². The molecule has 0 fully saturated rings. The molecule has 0 amide bonds. The number of rotatable bonds is 4. The van der Waals surface area contributed by atoms with E-state index in [2.05, 4.69) is 21.2 Å².